The third-order valence-electron chi connectivity index (χ3n) is 9.79. The van der Waals surface area contributed by atoms with Gasteiger partial charge in [0.1, 0.15) is 6.10 Å². The molecule has 4 saturated carbocycles. The fourth-order valence-electron chi connectivity index (χ4n) is 8.18. The predicted molar refractivity (Wildman–Crippen MR) is 125 cm³/mol. The van der Waals surface area contributed by atoms with Crippen molar-refractivity contribution < 1.29 is 9.53 Å². The van der Waals surface area contributed by atoms with Gasteiger partial charge in [-0.1, -0.05) is 32.0 Å². The predicted octanol–water partition coefficient (Wildman–Crippen LogP) is 6.43. The second kappa shape index (κ2) is 7.94. The zero-order valence-electron chi connectivity index (χ0n) is 19.4. The van der Waals surface area contributed by atoms with Crippen LogP contribution in [0.25, 0.3) is 0 Å². The maximum atomic E-state index is 11.5. The molecule has 4 aliphatic rings. The molecule has 0 radical (unpaired) electrons. The zero-order valence-corrected chi connectivity index (χ0v) is 19.4. The van der Waals surface area contributed by atoms with Gasteiger partial charge in [0.15, 0.2) is 0 Å². The van der Waals surface area contributed by atoms with Crippen molar-refractivity contribution in [2.75, 3.05) is 5.43 Å². The van der Waals surface area contributed by atoms with Crippen LogP contribution in [0.4, 0.5) is 5.69 Å². The highest BCUT2D eigenvalue weighted by Crippen LogP contribution is 2.65. The number of hydrogen-bond donors (Lipinski definition) is 1. The standard InChI is InChI=1S/C27H38N2O2/c1-18(30)31-21-13-15-26(2)19(17-21)9-10-22-23-11-12-25(27(23,3)16-14-24(22)26)29-28-20-7-5-4-6-8-20/h4-8,19,21-24,28H,9-17H2,1-3H3/b29-25+/t19?,21?,22?,23?,24?,26-,27-/m0/s1. The van der Waals surface area contributed by atoms with E-state index in [4.69, 9.17) is 9.84 Å². The number of nitrogens with zero attached hydrogens (tertiary/aromatic N) is 1. The highest BCUT2D eigenvalue weighted by Gasteiger charge is 2.59. The molecule has 0 amide bonds. The van der Waals surface area contributed by atoms with Crippen LogP contribution in [0.2, 0.25) is 0 Å². The molecule has 31 heavy (non-hydrogen) atoms. The van der Waals surface area contributed by atoms with Gasteiger partial charge >= 0.3 is 5.97 Å². The first-order valence-electron chi connectivity index (χ1n) is 12.5. The van der Waals surface area contributed by atoms with Crippen LogP contribution in [0.3, 0.4) is 0 Å². The van der Waals surface area contributed by atoms with E-state index in [2.05, 4.69) is 43.5 Å². The average molecular weight is 423 g/mol. The van der Waals surface area contributed by atoms with E-state index < -0.39 is 0 Å². The molecule has 4 nitrogen and oxygen atoms in total. The number of carbonyl (C=O) groups is 1. The van der Waals surface area contributed by atoms with Crippen LogP contribution in [0.5, 0.6) is 0 Å². The Morgan fingerprint density at radius 3 is 2.61 bits per heavy atom. The summed E-state index contributed by atoms with van der Waals surface area (Å²) < 4.78 is 5.62. The summed E-state index contributed by atoms with van der Waals surface area (Å²) >= 11 is 0. The quantitative estimate of drug-likeness (QED) is 0.451. The average Bonchev–Trinajstić information content (AvgIpc) is 3.09. The summed E-state index contributed by atoms with van der Waals surface area (Å²) in [6.07, 6.45) is 11.2. The second-order valence-electron chi connectivity index (χ2n) is 11.2. The smallest absolute Gasteiger partial charge is 0.302 e. The molecule has 0 saturated heterocycles. The second-order valence-corrected chi connectivity index (χ2v) is 11.2. The highest BCUT2D eigenvalue weighted by molar-refractivity contribution is 5.93. The Bertz CT molecular complexity index is 852. The minimum absolute atomic E-state index is 0.113. The van der Waals surface area contributed by atoms with Gasteiger partial charge in [-0.3, -0.25) is 10.2 Å². The van der Waals surface area contributed by atoms with Crippen molar-refractivity contribution >= 4 is 17.4 Å². The Hall–Kier alpha value is -1.84. The number of nitrogens with one attached hydrogen (secondary N) is 1. The van der Waals surface area contributed by atoms with Gasteiger partial charge in [-0.05, 0) is 99.0 Å². The van der Waals surface area contributed by atoms with Crippen LogP contribution >= 0.6 is 0 Å². The molecular weight excluding hydrogens is 384 g/mol. The molecule has 1 N–H and O–H groups in total. The Kier molecular flexibility index (Phi) is 5.38. The van der Waals surface area contributed by atoms with Gasteiger partial charge in [0, 0.05) is 18.1 Å². The molecule has 168 valence electrons. The summed E-state index contributed by atoms with van der Waals surface area (Å²) in [5.74, 6) is 3.02. The lowest BCUT2D eigenvalue weighted by atomic mass is 9.45. The number of hydrazone groups is 1. The summed E-state index contributed by atoms with van der Waals surface area (Å²) in [5.41, 5.74) is 6.48. The van der Waals surface area contributed by atoms with E-state index in [1.54, 1.807) is 6.92 Å². The minimum Gasteiger partial charge on any atom is -0.463 e. The van der Waals surface area contributed by atoms with Crippen molar-refractivity contribution in [2.45, 2.75) is 84.7 Å². The molecule has 0 aromatic heterocycles. The number of hydrogen-bond acceptors (Lipinski definition) is 4. The van der Waals surface area contributed by atoms with E-state index in [9.17, 15) is 4.79 Å². The SMILES string of the molecule is CC(=O)OC1CC[C@@]2(C)C(CCC3C2CC[C@]2(C)/C(=N/Nc4ccccc4)CCC32)C1. The van der Waals surface area contributed by atoms with Gasteiger partial charge in [-0.25, -0.2) is 0 Å². The van der Waals surface area contributed by atoms with Crippen molar-refractivity contribution in [3.8, 4) is 0 Å². The molecule has 0 bridgehead atoms. The van der Waals surface area contributed by atoms with Crippen LogP contribution in [0, 0.1) is 34.5 Å². The lowest BCUT2D eigenvalue weighted by molar-refractivity contribution is -0.158. The molecular formula is C27H38N2O2. The van der Waals surface area contributed by atoms with Crippen molar-refractivity contribution in [1.29, 1.82) is 0 Å². The van der Waals surface area contributed by atoms with Crippen LogP contribution in [-0.4, -0.2) is 17.8 Å². The molecule has 4 heteroatoms. The first-order valence-corrected chi connectivity index (χ1v) is 12.5. The zero-order chi connectivity index (χ0) is 21.6. The monoisotopic (exact) mass is 422 g/mol. The van der Waals surface area contributed by atoms with E-state index >= 15 is 0 Å². The molecule has 0 aliphatic heterocycles. The summed E-state index contributed by atoms with van der Waals surface area (Å²) in [6, 6.07) is 10.3. The van der Waals surface area contributed by atoms with Crippen molar-refractivity contribution in [2.24, 2.45) is 39.6 Å². The highest BCUT2D eigenvalue weighted by atomic mass is 16.5. The van der Waals surface area contributed by atoms with Gasteiger partial charge in [-0.15, -0.1) is 0 Å². The van der Waals surface area contributed by atoms with Gasteiger partial charge in [0.25, 0.3) is 0 Å². The third-order valence-corrected chi connectivity index (χ3v) is 9.79. The Labute approximate surface area is 187 Å². The van der Waals surface area contributed by atoms with Crippen LogP contribution in [0.15, 0.2) is 35.4 Å². The van der Waals surface area contributed by atoms with Gasteiger partial charge < -0.3 is 4.74 Å². The molecule has 4 fully saturated rings. The number of fused-ring (bicyclic) bond motifs is 5. The normalized spacial score (nSPS) is 42.9. The number of para-hydroxylation sites is 1. The molecule has 1 aromatic rings. The summed E-state index contributed by atoms with van der Waals surface area (Å²) in [7, 11) is 0. The lowest BCUT2D eigenvalue weighted by Gasteiger charge is -2.60. The molecule has 7 atom stereocenters. The maximum Gasteiger partial charge on any atom is 0.302 e. The van der Waals surface area contributed by atoms with Gasteiger partial charge in [-0.2, -0.15) is 5.10 Å². The van der Waals surface area contributed by atoms with Gasteiger partial charge in [0.05, 0.1) is 5.69 Å². The van der Waals surface area contributed by atoms with E-state index in [1.807, 2.05) is 6.07 Å². The van der Waals surface area contributed by atoms with E-state index in [0.29, 0.717) is 11.3 Å². The molecule has 1 aromatic carbocycles. The fourth-order valence-corrected chi connectivity index (χ4v) is 8.18. The number of anilines is 1. The van der Waals surface area contributed by atoms with Crippen LogP contribution in [-0.2, 0) is 9.53 Å². The largest absolute Gasteiger partial charge is 0.463 e. The first kappa shape index (κ1) is 21.0. The Morgan fingerprint density at radius 2 is 1.84 bits per heavy atom. The summed E-state index contributed by atoms with van der Waals surface area (Å²) in [5, 5.41) is 4.94. The molecule has 4 aliphatic carbocycles. The van der Waals surface area contributed by atoms with E-state index in [1.165, 1.54) is 44.2 Å². The third kappa shape index (κ3) is 3.60. The lowest BCUT2D eigenvalue weighted by Crippen LogP contribution is -2.54. The van der Waals surface area contributed by atoms with E-state index in [0.717, 1.165) is 42.7 Å². The van der Waals surface area contributed by atoms with Crippen LogP contribution < -0.4 is 5.43 Å². The Morgan fingerprint density at radius 1 is 1.03 bits per heavy atom. The molecule has 5 unspecified atom stereocenters. The summed E-state index contributed by atoms with van der Waals surface area (Å²) in [4.78, 5) is 11.5. The minimum atomic E-state index is -0.113. The molecule has 5 rings (SSSR count). The summed E-state index contributed by atoms with van der Waals surface area (Å²) in [6.45, 7) is 6.62. The number of rotatable bonds is 3. The van der Waals surface area contributed by atoms with Crippen LogP contribution in [0.1, 0.15) is 78.6 Å². The number of benzene rings is 1. The fraction of sp³-hybridized carbons (Fsp3) is 0.704. The maximum absolute atomic E-state index is 11.5. The van der Waals surface area contributed by atoms with Crippen molar-refractivity contribution in [1.82, 2.24) is 0 Å². The number of esters is 1. The molecule has 0 spiro atoms. The van der Waals surface area contributed by atoms with Gasteiger partial charge in [0.2, 0.25) is 0 Å². The van der Waals surface area contributed by atoms with Crippen molar-refractivity contribution in [3.63, 3.8) is 0 Å². The molecule has 0 heterocycles. The van der Waals surface area contributed by atoms with Crippen molar-refractivity contribution in [3.05, 3.63) is 30.3 Å². The number of ether oxygens (including phenoxy) is 1. The topological polar surface area (TPSA) is 50.7 Å². The Balaban J connectivity index is 1.32. The number of carbonyl (C=O) groups excluding carboxylic acids is 1. The first-order chi connectivity index (χ1) is 14.9. The van der Waals surface area contributed by atoms with E-state index in [-0.39, 0.29) is 17.5 Å².